The van der Waals surface area contributed by atoms with Gasteiger partial charge in [-0.15, -0.1) is 0 Å². The van der Waals surface area contributed by atoms with Crippen molar-refractivity contribution in [3.05, 3.63) is 54.1 Å². The third-order valence-electron chi connectivity index (χ3n) is 5.65. The molecule has 4 amide bonds. The molecule has 0 aromatic heterocycles. The van der Waals surface area contributed by atoms with Crippen molar-refractivity contribution in [2.75, 3.05) is 35.2 Å². The Bertz CT molecular complexity index is 1020. The second-order valence-corrected chi connectivity index (χ2v) is 8.08. The fraction of sp³-hybridized carbons (Fsp3) is 0.360. The van der Waals surface area contributed by atoms with Crippen LogP contribution in [0.15, 0.2) is 48.5 Å². The number of carbonyl (C=O) groups excluding carboxylic acids is 4. The zero-order valence-corrected chi connectivity index (χ0v) is 19.3. The first-order valence-corrected chi connectivity index (χ1v) is 11.2. The molecule has 2 aromatic rings. The first-order valence-electron chi connectivity index (χ1n) is 11.2. The molecule has 0 spiro atoms. The molecule has 33 heavy (non-hydrogen) atoms. The number of benzene rings is 2. The van der Waals surface area contributed by atoms with Crippen LogP contribution in [0.25, 0.3) is 0 Å². The van der Waals surface area contributed by atoms with Crippen molar-refractivity contribution >= 4 is 40.7 Å². The topological polar surface area (TPSA) is 98.8 Å². The third-order valence-corrected chi connectivity index (χ3v) is 5.65. The normalized spacial score (nSPS) is 15.3. The number of amides is 4. The lowest BCUT2D eigenvalue weighted by Crippen LogP contribution is -2.42. The molecular weight excluding hydrogens is 420 g/mol. The molecule has 8 heteroatoms. The lowest BCUT2D eigenvalue weighted by Gasteiger charge is -2.24. The maximum Gasteiger partial charge on any atom is 0.243 e. The molecule has 2 N–H and O–H groups in total. The molecule has 174 valence electrons. The number of rotatable bonds is 8. The van der Waals surface area contributed by atoms with E-state index in [1.807, 2.05) is 31.2 Å². The molecule has 3 rings (SSSR count). The molecule has 0 bridgehead atoms. The number of nitrogens with one attached hydrogen (secondary N) is 2. The van der Waals surface area contributed by atoms with Gasteiger partial charge in [-0.3, -0.25) is 19.2 Å². The van der Waals surface area contributed by atoms with Crippen molar-refractivity contribution in [3.8, 4) is 0 Å². The average molecular weight is 451 g/mol. The minimum atomic E-state index is -0.479. The number of hydrogen-bond donors (Lipinski definition) is 2. The number of likely N-dealkylation sites (N-methyl/N-ethyl adjacent to an activating group) is 1. The summed E-state index contributed by atoms with van der Waals surface area (Å²) >= 11 is 0. The molecule has 1 fully saturated rings. The van der Waals surface area contributed by atoms with Gasteiger partial charge < -0.3 is 20.4 Å². The highest BCUT2D eigenvalue weighted by atomic mass is 16.2. The van der Waals surface area contributed by atoms with E-state index < -0.39 is 5.92 Å². The van der Waals surface area contributed by atoms with Crippen LogP contribution in [0, 0.1) is 5.92 Å². The molecular formula is C25H30N4O4. The lowest BCUT2D eigenvalue weighted by atomic mass is 10.1. The molecule has 8 nitrogen and oxygen atoms in total. The Kier molecular flexibility index (Phi) is 7.82. The molecule has 0 aliphatic carbocycles. The van der Waals surface area contributed by atoms with Gasteiger partial charge in [0.15, 0.2) is 0 Å². The fourth-order valence-corrected chi connectivity index (χ4v) is 3.85. The summed E-state index contributed by atoms with van der Waals surface area (Å²) in [5.41, 5.74) is 3.17. The number of hydrogen-bond acceptors (Lipinski definition) is 4. The predicted octanol–water partition coefficient (Wildman–Crippen LogP) is 3.05. The van der Waals surface area contributed by atoms with E-state index in [0.29, 0.717) is 24.5 Å². The summed E-state index contributed by atoms with van der Waals surface area (Å²) in [5, 5.41) is 5.43. The molecule has 0 unspecified atom stereocenters. The van der Waals surface area contributed by atoms with Gasteiger partial charge >= 0.3 is 0 Å². The van der Waals surface area contributed by atoms with Gasteiger partial charge in [0.25, 0.3) is 0 Å². The average Bonchev–Trinajstić information content (AvgIpc) is 3.19. The number of carbonyl (C=O) groups is 4. The summed E-state index contributed by atoms with van der Waals surface area (Å²) in [6, 6.07) is 14.5. The van der Waals surface area contributed by atoms with Crippen LogP contribution in [-0.2, 0) is 25.6 Å². The third kappa shape index (κ3) is 6.19. The van der Waals surface area contributed by atoms with Crippen LogP contribution < -0.4 is 15.5 Å². The van der Waals surface area contributed by atoms with Crippen molar-refractivity contribution in [2.45, 2.75) is 33.6 Å². The zero-order chi connectivity index (χ0) is 24.0. The Morgan fingerprint density at radius 2 is 1.58 bits per heavy atom. The Morgan fingerprint density at radius 1 is 0.970 bits per heavy atom. The summed E-state index contributed by atoms with van der Waals surface area (Å²) in [6.45, 7) is 5.88. The van der Waals surface area contributed by atoms with Crippen molar-refractivity contribution in [1.29, 1.82) is 0 Å². The predicted molar refractivity (Wildman–Crippen MR) is 128 cm³/mol. The van der Waals surface area contributed by atoms with Crippen molar-refractivity contribution in [3.63, 3.8) is 0 Å². The highest BCUT2D eigenvalue weighted by Crippen LogP contribution is 2.27. The van der Waals surface area contributed by atoms with Gasteiger partial charge in [0.05, 0.1) is 12.5 Å². The molecule has 1 atom stereocenters. The lowest BCUT2D eigenvalue weighted by molar-refractivity contribution is -0.138. The van der Waals surface area contributed by atoms with Crippen LogP contribution >= 0.6 is 0 Å². The maximum absolute atomic E-state index is 13.1. The molecule has 2 aromatic carbocycles. The Balaban J connectivity index is 1.58. The van der Waals surface area contributed by atoms with E-state index in [1.54, 1.807) is 29.2 Å². The second kappa shape index (κ2) is 10.8. The fourth-order valence-electron chi connectivity index (χ4n) is 3.85. The van der Waals surface area contributed by atoms with Crippen molar-refractivity contribution in [1.82, 2.24) is 4.90 Å². The van der Waals surface area contributed by atoms with Gasteiger partial charge in [0.2, 0.25) is 23.6 Å². The highest BCUT2D eigenvalue weighted by molar-refractivity contribution is 6.01. The second-order valence-electron chi connectivity index (χ2n) is 8.08. The van der Waals surface area contributed by atoms with Gasteiger partial charge in [-0.05, 0) is 55.3 Å². The number of nitrogens with zero attached hydrogens (tertiary/aromatic N) is 2. The Morgan fingerprint density at radius 3 is 2.12 bits per heavy atom. The molecule has 1 aliphatic rings. The SMILES string of the molecule is CCc1ccc(N2C[C@@H](C(=O)N(CC)CC(=O)Nc3ccc(NC(C)=O)cc3)CC2=O)cc1. The number of aryl methyl sites for hydroxylation is 1. The van der Waals surface area contributed by atoms with E-state index in [4.69, 9.17) is 0 Å². The summed E-state index contributed by atoms with van der Waals surface area (Å²) < 4.78 is 0. The Labute approximate surface area is 193 Å². The first kappa shape index (κ1) is 24.0. The molecule has 1 saturated heterocycles. The van der Waals surface area contributed by atoms with Gasteiger partial charge in [-0.25, -0.2) is 0 Å². The quantitative estimate of drug-likeness (QED) is 0.646. The van der Waals surface area contributed by atoms with E-state index >= 15 is 0 Å². The minimum Gasteiger partial charge on any atom is -0.333 e. The van der Waals surface area contributed by atoms with E-state index in [-0.39, 0.29) is 36.6 Å². The zero-order valence-electron chi connectivity index (χ0n) is 19.3. The largest absolute Gasteiger partial charge is 0.333 e. The Hall–Kier alpha value is -3.68. The van der Waals surface area contributed by atoms with E-state index in [1.165, 1.54) is 17.4 Å². The van der Waals surface area contributed by atoms with E-state index in [2.05, 4.69) is 17.6 Å². The van der Waals surface area contributed by atoms with Crippen molar-refractivity contribution in [2.24, 2.45) is 5.92 Å². The van der Waals surface area contributed by atoms with Crippen LogP contribution in [-0.4, -0.2) is 48.2 Å². The molecule has 0 radical (unpaired) electrons. The molecule has 1 heterocycles. The highest BCUT2D eigenvalue weighted by Gasteiger charge is 2.37. The summed E-state index contributed by atoms with van der Waals surface area (Å²) in [6.07, 6.45) is 1.05. The van der Waals surface area contributed by atoms with Crippen LogP contribution in [0.5, 0.6) is 0 Å². The van der Waals surface area contributed by atoms with Crippen LogP contribution in [0.3, 0.4) is 0 Å². The molecule has 0 saturated carbocycles. The van der Waals surface area contributed by atoms with E-state index in [0.717, 1.165) is 12.1 Å². The maximum atomic E-state index is 13.1. The standard InChI is InChI=1S/C25H30N4O4/c1-4-18-6-12-22(13-7-18)29-15-19(14-24(29)32)25(33)28(5-2)16-23(31)27-21-10-8-20(9-11-21)26-17(3)30/h6-13,19H,4-5,14-16H2,1-3H3,(H,26,30)(H,27,31)/t19-/m0/s1. The monoisotopic (exact) mass is 450 g/mol. The smallest absolute Gasteiger partial charge is 0.243 e. The summed E-state index contributed by atoms with van der Waals surface area (Å²) in [4.78, 5) is 52.4. The summed E-state index contributed by atoms with van der Waals surface area (Å²) in [7, 11) is 0. The van der Waals surface area contributed by atoms with Gasteiger partial charge in [-0.1, -0.05) is 19.1 Å². The van der Waals surface area contributed by atoms with Crippen molar-refractivity contribution < 1.29 is 19.2 Å². The van der Waals surface area contributed by atoms with Crippen LogP contribution in [0.4, 0.5) is 17.1 Å². The van der Waals surface area contributed by atoms with Gasteiger partial charge in [-0.2, -0.15) is 0 Å². The van der Waals surface area contributed by atoms with Gasteiger partial charge in [0.1, 0.15) is 0 Å². The first-order chi connectivity index (χ1) is 15.8. The van der Waals surface area contributed by atoms with E-state index in [9.17, 15) is 19.2 Å². The molecule has 1 aliphatic heterocycles. The van der Waals surface area contributed by atoms with Gasteiger partial charge in [0, 0.05) is 43.5 Å². The summed E-state index contributed by atoms with van der Waals surface area (Å²) in [5.74, 6) is -1.26. The minimum absolute atomic E-state index is 0.0858. The van der Waals surface area contributed by atoms with Crippen LogP contribution in [0.1, 0.15) is 32.8 Å². The number of anilines is 3. The van der Waals surface area contributed by atoms with Crippen LogP contribution in [0.2, 0.25) is 0 Å².